The molecule has 4 amide bonds. The number of nitrogens with zero attached hydrogens (tertiary/aromatic N) is 2. The molecule has 6 nitrogen and oxygen atoms in total. The van der Waals surface area contributed by atoms with E-state index in [0.29, 0.717) is 25.9 Å². The first-order valence-electron chi connectivity index (χ1n) is 9.99. The first kappa shape index (κ1) is 19.2. The molecule has 4 rings (SSSR count). The number of benzene rings is 2. The number of carbonyl (C=O) groups is 3. The summed E-state index contributed by atoms with van der Waals surface area (Å²) in [6.45, 7) is 2.64. The van der Waals surface area contributed by atoms with Crippen molar-refractivity contribution in [3.05, 3.63) is 71.3 Å². The molecule has 1 saturated heterocycles. The topological polar surface area (TPSA) is 69.7 Å². The van der Waals surface area contributed by atoms with Gasteiger partial charge in [0.1, 0.15) is 12.1 Å². The normalized spacial score (nSPS) is 21.1. The average Bonchev–Trinajstić information content (AvgIpc) is 2.96. The fourth-order valence-corrected chi connectivity index (χ4v) is 4.04. The van der Waals surface area contributed by atoms with Crippen LogP contribution in [-0.2, 0) is 29.0 Å². The van der Waals surface area contributed by atoms with Gasteiger partial charge >= 0.3 is 6.03 Å². The predicted molar refractivity (Wildman–Crippen MR) is 109 cm³/mol. The Kier molecular flexibility index (Phi) is 5.09. The first-order chi connectivity index (χ1) is 14.0. The number of nitrogens with one attached hydrogen (secondary N) is 1. The van der Waals surface area contributed by atoms with Crippen LogP contribution in [0.15, 0.2) is 54.6 Å². The summed E-state index contributed by atoms with van der Waals surface area (Å²) in [5.41, 5.74) is 2.50. The third-order valence-corrected chi connectivity index (χ3v) is 5.88. The van der Waals surface area contributed by atoms with Crippen molar-refractivity contribution in [1.82, 2.24) is 15.1 Å². The average molecular weight is 391 g/mol. The van der Waals surface area contributed by atoms with Gasteiger partial charge in [-0.1, -0.05) is 54.6 Å². The van der Waals surface area contributed by atoms with Crippen LogP contribution in [0.1, 0.15) is 30.0 Å². The van der Waals surface area contributed by atoms with E-state index in [9.17, 15) is 14.4 Å². The van der Waals surface area contributed by atoms with Crippen LogP contribution >= 0.6 is 0 Å². The summed E-state index contributed by atoms with van der Waals surface area (Å²) in [6, 6.07) is 17.4. The van der Waals surface area contributed by atoms with Crippen molar-refractivity contribution in [2.45, 2.75) is 38.3 Å². The summed E-state index contributed by atoms with van der Waals surface area (Å²) in [5, 5.41) is 2.79. The summed E-state index contributed by atoms with van der Waals surface area (Å²) in [6.07, 6.45) is 1.95. The van der Waals surface area contributed by atoms with Crippen molar-refractivity contribution in [2.75, 3.05) is 13.1 Å². The first-order valence-corrected chi connectivity index (χ1v) is 9.99. The summed E-state index contributed by atoms with van der Waals surface area (Å²) in [4.78, 5) is 41.0. The van der Waals surface area contributed by atoms with Crippen molar-refractivity contribution in [3.8, 4) is 0 Å². The second kappa shape index (κ2) is 7.70. The van der Waals surface area contributed by atoms with Gasteiger partial charge in [-0.3, -0.25) is 14.5 Å². The van der Waals surface area contributed by atoms with Crippen LogP contribution in [-0.4, -0.2) is 46.3 Å². The molecule has 0 aliphatic carbocycles. The van der Waals surface area contributed by atoms with E-state index in [1.807, 2.05) is 48.5 Å². The highest BCUT2D eigenvalue weighted by molar-refractivity contribution is 6.08. The Bertz CT molecular complexity index is 943. The fourth-order valence-electron chi connectivity index (χ4n) is 4.04. The Balaban J connectivity index is 1.39. The number of hydrogen-bond acceptors (Lipinski definition) is 3. The maximum absolute atomic E-state index is 12.9. The smallest absolute Gasteiger partial charge is 0.325 e. The highest BCUT2D eigenvalue weighted by atomic mass is 16.2. The number of rotatable bonds is 5. The Morgan fingerprint density at radius 2 is 1.72 bits per heavy atom. The maximum Gasteiger partial charge on any atom is 0.325 e. The molecule has 2 heterocycles. The summed E-state index contributed by atoms with van der Waals surface area (Å²) >= 11 is 0. The Morgan fingerprint density at radius 1 is 1.03 bits per heavy atom. The van der Waals surface area contributed by atoms with Crippen molar-refractivity contribution >= 4 is 17.8 Å². The van der Waals surface area contributed by atoms with Gasteiger partial charge in [0, 0.05) is 13.1 Å². The van der Waals surface area contributed by atoms with Crippen LogP contribution in [0.5, 0.6) is 0 Å². The maximum atomic E-state index is 12.9. The molecule has 2 aromatic rings. The van der Waals surface area contributed by atoms with Gasteiger partial charge < -0.3 is 10.2 Å². The van der Waals surface area contributed by atoms with E-state index < -0.39 is 11.6 Å². The molecule has 1 fully saturated rings. The molecule has 2 aliphatic rings. The van der Waals surface area contributed by atoms with E-state index in [-0.39, 0.29) is 18.4 Å². The van der Waals surface area contributed by atoms with Crippen molar-refractivity contribution in [1.29, 1.82) is 0 Å². The number of imide groups is 1. The molecular formula is C23H25N3O3. The lowest BCUT2D eigenvalue weighted by molar-refractivity contribution is -0.139. The lowest BCUT2D eigenvalue weighted by Gasteiger charge is -2.30. The predicted octanol–water partition coefficient (Wildman–Crippen LogP) is 2.51. The summed E-state index contributed by atoms with van der Waals surface area (Å²) in [5.74, 6) is -0.528. The minimum atomic E-state index is -0.984. The molecule has 6 heteroatoms. The third-order valence-electron chi connectivity index (χ3n) is 5.88. The van der Waals surface area contributed by atoms with Crippen LogP contribution in [0.4, 0.5) is 4.79 Å². The number of urea groups is 1. The molecule has 0 unspecified atom stereocenters. The number of amides is 4. The van der Waals surface area contributed by atoms with E-state index in [2.05, 4.69) is 11.4 Å². The van der Waals surface area contributed by atoms with Crippen LogP contribution in [0.25, 0.3) is 0 Å². The minimum absolute atomic E-state index is 0.199. The van der Waals surface area contributed by atoms with Gasteiger partial charge in [-0.25, -0.2) is 4.79 Å². The van der Waals surface area contributed by atoms with Gasteiger partial charge in [0.05, 0.1) is 0 Å². The van der Waals surface area contributed by atoms with Gasteiger partial charge in [-0.2, -0.15) is 0 Å². The quantitative estimate of drug-likeness (QED) is 0.797. The van der Waals surface area contributed by atoms with E-state index >= 15 is 0 Å². The fraction of sp³-hybridized carbons (Fsp3) is 0.348. The Morgan fingerprint density at radius 3 is 2.48 bits per heavy atom. The van der Waals surface area contributed by atoms with Crippen molar-refractivity contribution < 1.29 is 14.4 Å². The van der Waals surface area contributed by atoms with Crippen molar-refractivity contribution in [3.63, 3.8) is 0 Å². The standard InChI is InChI=1S/C23H25N3O3/c1-23(13-11-17-7-3-2-4-8-17)21(28)26(22(29)24-23)16-20(27)25-14-12-18-9-5-6-10-19(18)15-25/h2-10H,11-16H2,1H3,(H,24,29)/t23-/m0/s1. The summed E-state index contributed by atoms with van der Waals surface area (Å²) < 4.78 is 0. The van der Waals surface area contributed by atoms with Gasteiger partial charge in [0.2, 0.25) is 5.91 Å². The molecule has 0 spiro atoms. The lowest BCUT2D eigenvalue weighted by atomic mass is 9.93. The Hall–Kier alpha value is -3.15. The molecule has 2 aromatic carbocycles. The molecule has 29 heavy (non-hydrogen) atoms. The monoisotopic (exact) mass is 391 g/mol. The molecular weight excluding hydrogens is 366 g/mol. The molecule has 0 saturated carbocycles. The van der Waals surface area contributed by atoms with Crippen LogP contribution in [0, 0.1) is 0 Å². The number of aryl methyl sites for hydroxylation is 1. The highest BCUT2D eigenvalue weighted by Gasteiger charge is 2.48. The second-order valence-electron chi connectivity index (χ2n) is 7.97. The van der Waals surface area contributed by atoms with Gasteiger partial charge in [-0.05, 0) is 42.9 Å². The molecule has 150 valence electrons. The van der Waals surface area contributed by atoms with Crippen molar-refractivity contribution in [2.24, 2.45) is 0 Å². The van der Waals surface area contributed by atoms with E-state index in [1.54, 1.807) is 11.8 Å². The molecule has 0 bridgehead atoms. The largest absolute Gasteiger partial charge is 0.336 e. The molecule has 0 aromatic heterocycles. The zero-order valence-corrected chi connectivity index (χ0v) is 16.6. The molecule has 2 aliphatic heterocycles. The second-order valence-corrected chi connectivity index (χ2v) is 7.97. The zero-order chi connectivity index (χ0) is 20.4. The van der Waals surface area contributed by atoms with E-state index in [1.165, 1.54) is 5.56 Å². The molecule has 0 radical (unpaired) electrons. The minimum Gasteiger partial charge on any atom is -0.336 e. The van der Waals surface area contributed by atoms with Gasteiger partial charge in [0.15, 0.2) is 0 Å². The number of fused-ring (bicyclic) bond motifs is 1. The molecule has 1 atom stereocenters. The third kappa shape index (κ3) is 3.88. The number of hydrogen-bond donors (Lipinski definition) is 1. The molecule has 1 N–H and O–H groups in total. The van der Waals surface area contributed by atoms with Crippen LogP contribution in [0.2, 0.25) is 0 Å². The van der Waals surface area contributed by atoms with Crippen LogP contribution in [0.3, 0.4) is 0 Å². The zero-order valence-electron chi connectivity index (χ0n) is 16.6. The Labute approximate surface area is 170 Å². The van der Waals surface area contributed by atoms with E-state index in [4.69, 9.17) is 0 Å². The van der Waals surface area contributed by atoms with Gasteiger partial charge in [0.25, 0.3) is 5.91 Å². The SMILES string of the molecule is C[C@@]1(CCc2ccccc2)NC(=O)N(CC(=O)N2CCc3ccccc3C2)C1=O. The van der Waals surface area contributed by atoms with Crippen LogP contribution < -0.4 is 5.32 Å². The number of carbonyl (C=O) groups excluding carboxylic acids is 3. The highest BCUT2D eigenvalue weighted by Crippen LogP contribution is 2.24. The van der Waals surface area contributed by atoms with E-state index in [0.717, 1.165) is 22.4 Å². The van der Waals surface area contributed by atoms with Gasteiger partial charge in [-0.15, -0.1) is 0 Å². The summed E-state index contributed by atoms with van der Waals surface area (Å²) in [7, 11) is 0. The lowest BCUT2D eigenvalue weighted by Crippen LogP contribution is -2.46.